The first-order valence-electron chi connectivity index (χ1n) is 6.43. The van der Waals surface area contributed by atoms with Crippen molar-refractivity contribution in [2.24, 2.45) is 16.6 Å². The molecular weight excluding hydrogens is 202 g/mol. The maximum Gasteiger partial charge on any atom is 0.0739 e. The molecule has 3 heteroatoms. The second kappa shape index (κ2) is 3.97. The van der Waals surface area contributed by atoms with E-state index >= 15 is 0 Å². The van der Waals surface area contributed by atoms with Crippen LogP contribution in [0.25, 0.3) is 0 Å². The van der Waals surface area contributed by atoms with E-state index in [-0.39, 0.29) is 5.41 Å². The molecule has 0 bridgehead atoms. The molecule has 2 aliphatic rings. The summed E-state index contributed by atoms with van der Waals surface area (Å²) in [4.78, 5) is 0. The summed E-state index contributed by atoms with van der Waals surface area (Å²) in [6, 6.07) is 0. The Kier molecular flexibility index (Phi) is 3.06. The molecule has 3 nitrogen and oxygen atoms in total. The quantitative estimate of drug-likeness (QED) is 0.754. The van der Waals surface area contributed by atoms with Gasteiger partial charge < -0.3 is 15.6 Å². The molecular formula is C13H25NO2. The van der Waals surface area contributed by atoms with Gasteiger partial charge in [-0.05, 0) is 37.5 Å². The van der Waals surface area contributed by atoms with Crippen LogP contribution in [0, 0.1) is 10.8 Å². The van der Waals surface area contributed by atoms with Gasteiger partial charge in [-0.25, -0.2) is 0 Å². The molecule has 1 saturated carbocycles. The molecule has 16 heavy (non-hydrogen) atoms. The first-order valence-corrected chi connectivity index (χ1v) is 6.43. The summed E-state index contributed by atoms with van der Waals surface area (Å²) in [6.45, 7) is 6.51. The largest absolute Gasteiger partial charge is 0.389 e. The number of aliphatic hydroxyl groups is 1. The summed E-state index contributed by atoms with van der Waals surface area (Å²) in [7, 11) is 0. The highest BCUT2D eigenvalue weighted by molar-refractivity contribution is 5.04. The maximum absolute atomic E-state index is 10.9. The zero-order chi connectivity index (χ0) is 11.9. The van der Waals surface area contributed by atoms with Crippen LogP contribution in [0.3, 0.4) is 0 Å². The fourth-order valence-corrected chi connectivity index (χ4v) is 3.20. The molecule has 94 valence electrons. The summed E-state index contributed by atoms with van der Waals surface area (Å²) in [5, 5.41) is 10.9. The van der Waals surface area contributed by atoms with Crippen LogP contribution < -0.4 is 5.73 Å². The molecule has 1 atom stereocenters. The molecule has 1 aliphatic carbocycles. The molecule has 1 heterocycles. The lowest BCUT2D eigenvalue weighted by atomic mass is 9.60. The van der Waals surface area contributed by atoms with Crippen molar-refractivity contribution >= 4 is 0 Å². The van der Waals surface area contributed by atoms with Crippen molar-refractivity contribution in [2.45, 2.75) is 51.6 Å². The molecule has 0 amide bonds. The molecule has 2 fully saturated rings. The summed E-state index contributed by atoms with van der Waals surface area (Å²) in [6.07, 6.45) is 4.85. The average molecular weight is 227 g/mol. The van der Waals surface area contributed by atoms with Crippen molar-refractivity contribution in [2.75, 3.05) is 19.8 Å². The van der Waals surface area contributed by atoms with Crippen molar-refractivity contribution < 1.29 is 9.84 Å². The fourth-order valence-electron chi connectivity index (χ4n) is 3.20. The van der Waals surface area contributed by atoms with Crippen LogP contribution in [-0.2, 0) is 4.74 Å². The van der Waals surface area contributed by atoms with Gasteiger partial charge in [-0.3, -0.25) is 0 Å². The SMILES string of the molecule is CC1(C)CCC(O)(C2(CN)CCOC2)CC1. The smallest absolute Gasteiger partial charge is 0.0739 e. The molecule has 1 saturated heterocycles. The lowest BCUT2D eigenvalue weighted by molar-refractivity contribution is -0.122. The van der Waals surface area contributed by atoms with Crippen molar-refractivity contribution in [1.82, 2.24) is 0 Å². The molecule has 0 aromatic heterocycles. The van der Waals surface area contributed by atoms with Gasteiger partial charge in [-0.1, -0.05) is 13.8 Å². The van der Waals surface area contributed by atoms with Crippen LogP contribution in [0.4, 0.5) is 0 Å². The third kappa shape index (κ3) is 1.89. The molecule has 0 spiro atoms. The van der Waals surface area contributed by atoms with Gasteiger partial charge in [-0.2, -0.15) is 0 Å². The number of ether oxygens (including phenoxy) is 1. The van der Waals surface area contributed by atoms with E-state index in [1.807, 2.05) is 0 Å². The van der Waals surface area contributed by atoms with Crippen molar-refractivity contribution in [3.63, 3.8) is 0 Å². The van der Waals surface area contributed by atoms with Crippen molar-refractivity contribution in [3.05, 3.63) is 0 Å². The third-order valence-corrected chi connectivity index (χ3v) is 4.91. The topological polar surface area (TPSA) is 55.5 Å². The first kappa shape index (κ1) is 12.3. The standard InChI is InChI=1S/C13H25NO2/c1-11(2)3-5-13(15,6-4-11)12(9-14)7-8-16-10-12/h15H,3-10,14H2,1-2H3. The van der Waals surface area contributed by atoms with Crippen LogP contribution in [0.15, 0.2) is 0 Å². The molecule has 0 aromatic carbocycles. The normalized spacial score (nSPS) is 37.5. The van der Waals surface area contributed by atoms with E-state index in [1.165, 1.54) is 0 Å². The summed E-state index contributed by atoms with van der Waals surface area (Å²) in [5.41, 5.74) is 5.52. The molecule has 1 aliphatic heterocycles. The highest BCUT2D eigenvalue weighted by atomic mass is 16.5. The summed E-state index contributed by atoms with van der Waals surface area (Å²) < 4.78 is 5.48. The lowest BCUT2D eigenvalue weighted by Crippen LogP contribution is -2.55. The van der Waals surface area contributed by atoms with Gasteiger partial charge in [0.05, 0.1) is 12.2 Å². The minimum Gasteiger partial charge on any atom is -0.389 e. The minimum atomic E-state index is -0.590. The predicted octanol–water partition coefficient (Wildman–Crippen LogP) is 1.68. The molecule has 0 aromatic rings. The van der Waals surface area contributed by atoms with Crippen molar-refractivity contribution in [3.8, 4) is 0 Å². The Morgan fingerprint density at radius 1 is 1.12 bits per heavy atom. The van der Waals surface area contributed by atoms with Gasteiger partial charge in [-0.15, -0.1) is 0 Å². The molecule has 0 radical (unpaired) electrons. The summed E-state index contributed by atoms with van der Waals surface area (Å²) in [5.74, 6) is 0. The minimum absolute atomic E-state index is 0.177. The Balaban J connectivity index is 2.13. The van der Waals surface area contributed by atoms with E-state index < -0.39 is 5.60 Å². The van der Waals surface area contributed by atoms with Gasteiger partial charge in [0.15, 0.2) is 0 Å². The van der Waals surface area contributed by atoms with E-state index in [2.05, 4.69) is 13.8 Å². The Labute approximate surface area is 98.4 Å². The highest BCUT2D eigenvalue weighted by Gasteiger charge is 2.53. The summed E-state index contributed by atoms with van der Waals surface area (Å²) >= 11 is 0. The van der Waals surface area contributed by atoms with Crippen LogP contribution in [0.1, 0.15) is 46.0 Å². The Morgan fingerprint density at radius 2 is 1.75 bits per heavy atom. The second-order valence-electron chi connectivity index (χ2n) is 6.48. The van der Waals surface area contributed by atoms with Crippen LogP contribution in [-0.4, -0.2) is 30.5 Å². The second-order valence-corrected chi connectivity index (χ2v) is 6.48. The fraction of sp³-hybridized carbons (Fsp3) is 1.00. The first-order chi connectivity index (χ1) is 7.43. The molecule has 3 N–H and O–H groups in total. The van der Waals surface area contributed by atoms with Crippen molar-refractivity contribution in [1.29, 1.82) is 0 Å². The van der Waals surface area contributed by atoms with Gasteiger partial charge in [0.1, 0.15) is 0 Å². The van der Waals surface area contributed by atoms with Gasteiger partial charge in [0.25, 0.3) is 0 Å². The highest BCUT2D eigenvalue weighted by Crippen LogP contribution is 2.50. The van der Waals surface area contributed by atoms with Gasteiger partial charge in [0, 0.05) is 18.6 Å². The monoisotopic (exact) mass is 227 g/mol. The predicted molar refractivity (Wildman–Crippen MR) is 64.1 cm³/mol. The Bertz CT molecular complexity index is 247. The number of hydrogen-bond donors (Lipinski definition) is 2. The zero-order valence-electron chi connectivity index (χ0n) is 10.6. The van der Waals surface area contributed by atoms with E-state index in [0.717, 1.165) is 38.7 Å². The van der Waals surface area contributed by atoms with Crippen LogP contribution >= 0.6 is 0 Å². The average Bonchev–Trinajstić information content (AvgIpc) is 2.73. The Hall–Kier alpha value is -0.120. The van der Waals surface area contributed by atoms with Gasteiger partial charge >= 0.3 is 0 Å². The van der Waals surface area contributed by atoms with E-state index in [9.17, 15) is 5.11 Å². The van der Waals surface area contributed by atoms with Crippen LogP contribution in [0.2, 0.25) is 0 Å². The van der Waals surface area contributed by atoms with Crippen LogP contribution in [0.5, 0.6) is 0 Å². The maximum atomic E-state index is 10.9. The molecule has 2 rings (SSSR count). The van der Waals surface area contributed by atoms with E-state index in [4.69, 9.17) is 10.5 Å². The number of rotatable bonds is 2. The van der Waals surface area contributed by atoms with Gasteiger partial charge in [0.2, 0.25) is 0 Å². The van der Waals surface area contributed by atoms with E-state index in [1.54, 1.807) is 0 Å². The third-order valence-electron chi connectivity index (χ3n) is 4.91. The number of nitrogens with two attached hydrogens (primary N) is 1. The zero-order valence-corrected chi connectivity index (χ0v) is 10.6. The lowest BCUT2D eigenvalue weighted by Gasteiger charge is -2.49. The van der Waals surface area contributed by atoms with E-state index in [0.29, 0.717) is 18.6 Å². The molecule has 1 unspecified atom stereocenters. The number of hydrogen-bond acceptors (Lipinski definition) is 3. The Morgan fingerprint density at radius 3 is 2.19 bits per heavy atom.